The van der Waals surface area contributed by atoms with Crippen molar-refractivity contribution >= 4 is 10.8 Å². The van der Waals surface area contributed by atoms with Crippen molar-refractivity contribution in [3.05, 3.63) is 49.4 Å². The van der Waals surface area contributed by atoms with Gasteiger partial charge in [-0.05, 0) is 29.3 Å². The lowest BCUT2D eigenvalue weighted by atomic mass is 10.1. The minimum atomic E-state index is 0.752. The van der Waals surface area contributed by atoms with E-state index in [0.29, 0.717) is 0 Å². The van der Waals surface area contributed by atoms with Crippen LogP contribution in [0.4, 0.5) is 0 Å². The number of hydrogen-bond donors (Lipinski definition) is 0. The van der Waals surface area contributed by atoms with Gasteiger partial charge in [0.1, 0.15) is 5.75 Å². The maximum Gasteiger partial charge on any atom is 0.119 e. The third kappa shape index (κ3) is 2.50. The first-order valence-electron chi connectivity index (χ1n) is 5.31. The highest BCUT2D eigenvalue weighted by molar-refractivity contribution is 5.83. The Bertz CT molecular complexity index is 434. The zero-order valence-corrected chi connectivity index (χ0v) is 8.78. The molecule has 0 heterocycles. The normalized spacial score (nSPS) is 10.5. The van der Waals surface area contributed by atoms with E-state index in [2.05, 4.69) is 31.2 Å². The lowest BCUT2D eigenvalue weighted by Crippen LogP contribution is -1.95. The van der Waals surface area contributed by atoms with Gasteiger partial charge in [0, 0.05) is 0 Å². The summed E-state index contributed by atoms with van der Waals surface area (Å²) in [6, 6.07) is 14.5. The fraction of sp³-hybridized carbons (Fsp3) is 0.214. The second kappa shape index (κ2) is 4.83. The van der Waals surface area contributed by atoms with Crippen LogP contribution in [0, 0.1) is 6.92 Å². The van der Waals surface area contributed by atoms with Crippen LogP contribution in [-0.4, -0.2) is 6.61 Å². The van der Waals surface area contributed by atoms with E-state index in [-0.39, 0.29) is 0 Å². The Morgan fingerprint density at radius 1 is 1.00 bits per heavy atom. The summed E-state index contributed by atoms with van der Waals surface area (Å²) >= 11 is 0. The molecule has 1 nitrogen and oxygen atoms in total. The first kappa shape index (κ1) is 10.0. The van der Waals surface area contributed by atoms with Crippen molar-refractivity contribution in [3.8, 4) is 5.75 Å². The second-order valence-corrected chi connectivity index (χ2v) is 3.56. The Labute approximate surface area is 90.7 Å². The largest absolute Gasteiger partial charge is 0.494 e. The Morgan fingerprint density at radius 3 is 2.60 bits per heavy atom. The Morgan fingerprint density at radius 2 is 1.80 bits per heavy atom. The summed E-state index contributed by atoms with van der Waals surface area (Å²) in [4.78, 5) is 0. The summed E-state index contributed by atoms with van der Waals surface area (Å²) in [5.74, 6) is 0.946. The van der Waals surface area contributed by atoms with Crippen LogP contribution in [0.25, 0.3) is 10.8 Å². The van der Waals surface area contributed by atoms with Gasteiger partial charge in [-0.25, -0.2) is 0 Å². The number of ether oxygens (including phenoxy) is 1. The molecule has 2 rings (SSSR count). The fourth-order valence-electron chi connectivity index (χ4n) is 1.55. The molecule has 0 spiro atoms. The predicted molar refractivity (Wildman–Crippen MR) is 64.0 cm³/mol. The average molecular weight is 199 g/mol. The van der Waals surface area contributed by atoms with Crippen LogP contribution in [0.3, 0.4) is 0 Å². The molecule has 0 saturated carbocycles. The summed E-state index contributed by atoms with van der Waals surface area (Å²) in [5, 5.41) is 2.48. The molecule has 0 N–H and O–H groups in total. The summed E-state index contributed by atoms with van der Waals surface area (Å²) in [7, 11) is 0. The predicted octanol–water partition coefficient (Wildman–Crippen LogP) is 3.83. The monoisotopic (exact) mass is 199 g/mol. The smallest absolute Gasteiger partial charge is 0.119 e. The maximum absolute atomic E-state index is 5.61. The van der Waals surface area contributed by atoms with E-state index in [4.69, 9.17) is 4.74 Å². The number of hydrogen-bond acceptors (Lipinski definition) is 1. The molecule has 0 bridgehead atoms. The lowest BCUT2D eigenvalue weighted by Gasteiger charge is -2.06. The summed E-state index contributed by atoms with van der Waals surface area (Å²) in [6.07, 6.45) is 1.93. The lowest BCUT2D eigenvalue weighted by molar-refractivity contribution is 0.312. The molecule has 1 radical (unpaired) electrons. The van der Waals surface area contributed by atoms with Crippen LogP contribution in [0.2, 0.25) is 0 Å². The quantitative estimate of drug-likeness (QED) is 0.680. The standard InChI is InChI=1S/C14H15O/c1-2-3-10-15-14-9-8-12-6-4-5-7-13(12)11-14/h4-9,11H,1-3,10H2. The molecule has 0 aromatic heterocycles. The van der Waals surface area contributed by atoms with Gasteiger partial charge in [-0.3, -0.25) is 0 Å². The van der Waals surface area contributed by atoms with E-state index < -0.39 is 0 Å². The van der Waals surface area contributed by atoms with Gasteiger partial charge in [0.15, 0.2) is 0 Å². The van der Waals surface area contributed by atoms with Gasteiger partial charge >= 0.3 is 0 Å². The van der Waals surface area contributed by atoms with Crippen molar-refractivity contribution in [2.45, 2.75) is 12.8 Å². The van der Waals surface area contributed by atoms with E-state index in [0.717, 1.165) is 25.2 Å². The number of benzene rings is 2. The first-order chi connectivity index (χ1) is 7.40. The highest BCUT2D eigenvalue weighted by Crippen LogP contribution is 2.20. The van der Waals surface area contributed by atoms with Crippen molar-refractivity contribution in [2.24, 2.45) is 0 Å². The third-order valence-corrected chi connectivity index (χ3v) is 2.38. The van der Waals surface area contributed by atoms with Crippen LogP contribution in [0.1, 0.15) is 12.8 Å². The highest BCUT2D eigenvalue weighted by atomic mass is 16.5. The van der Waals surface area contributed by atoms with Crippen LogP contribution < -0.4 is 4.74 Å². The van der Waals surface area contributed by atoms with Crippen molar-refractivity contribution in [2.75, 3.05) is 6.61 Å². The van der Waals surface area contributed by atoms with Gasteiger partial charge in [0.25, 0.3) is 0 Å². The Balaban J connectivity index is 2.16. The molecule has 0 unspecified atom stereocenters. The van der Waals surface area contributed by atoms with Gasteiger partial charge in [0.2, 0.25) is 0 Å². The minimum absolute atomic E-state index is 0.752. The summed E-state index contributed by atoms with van der Waals surface area (Å²) in [5.41, 5.74) is 0. The van der Waals surface area contributed by atoms with Crippen molar-refractivity contribution in [1.29, 1.82) is 0 Å². The van der Waals surface area contributed by atoms with E-state index in [1.54, 1.807) is 0 Å². The van der Waals surface area contributed by atoms with Gasteiger partial charge in [-0.2, -0.15) is 0 Å². The van der Waals surface area contributed by atoms with E-state index in [1.807, 2.05) is 18.2 Å². The van der Waals surface area contributed by atoms with E-state index in [9.17, 15) is 0 Å². The van der Waals surface area contributed by atoms with Gasteiger partial charge in [-0.1, -0.05) is 43.7 Å². The van der Waals surface area contributed by atoms with Crippen molar-refractivity contribution in [3.63, 3.8) is 0 Å². The van der Waals surface area contributed by atoms with E-state index >= 15 is 0 Å². The molecule has 1 heteroatoms. The summed E-state index contributed by atoms with van der Waals surface area (Å²) in [6.45, 7) is 4.54. The molecular formula is C14H15O. The molecule has 0 fully saturated rings. The Hall–Kier alpha value is -1.50. The highest BCUT2D eigenvalue weighted by Gasteiger charge is 1.96. The van der Waals surface area contributed by atoms with Gasteiger partial charge in [0.05, 0.1) is 6.61 Å². The van der Waals surface area contributed by atoms with Crippen molar-refractivity contribution < 1.29 is 4.74 Å². The number of rotatable bonds is 4. The molecular weight excluding hydrogens is 184 g/mol. The average Bonchev–Trinajstić information content (AvgIpc) is 2.29. The molecule has 0 amide bonds. The fourth-order valence-corrected chi connectivity index (χ4v) is 1.55. The molecule has 2 aromatic rings. The second-order valence-electron chi connectivity index (χ2n) is 3.56. The molecule has 77 valence electrons. The first-order valence-corrected chi connectivity index (χ1v) is 5.31. The third-order valence-electron chi connectivity index (χ3n) is 2.38. The molecule has 0 aliphatic heterocycles. The molecule has 0 saturated heterocycles. The van der Waals surface area contributed by atoms with E-state index in [1.165, 1.54) is 10.8 Å². The Kier molecular flexibility index (Phi) is 3.23. The minimum Gasteiger partial charge on any atom is -0.494 e. The zero-order chi connectivity index (χ0) is 10.5. The van der Waals surface area contributed by atoms with Crippen LogP contribution in [0.5, 0.6) is 5.75 Å². The zero-order valence-electron chi connectivity index (χ0n) is 8.78. The molecule has 0 aliphatic rings. The summed E-state index contributed by atoms with van der Waals surface area (Å²) < 4.78 is 5.61. The van der Waals surface area contributed by atoms with Crippen molar-refractivity contribution in [1.82, 2.24) is 0 Å². The molecule has 0 aliphatic carbocycles. The van der Waals surface area contributed by atoms with Crippen LogP contribution >= 0.6 is 0 Å². The SMILES string of the molecule is [CH2]CCCOc1ccc2ccccc2c1. The van der Waals surface area contributed by atoms with Crippen LogP contribution in [0.15, 0.2) is 42.5 Å². The number of fused-ring (bicyclic) bond motifs is 1. The van der Waals surface area contributed by atoms with Gasteiger partial charge < -0.3 is 4.74 Å². The maximum atomic E-state index is 5.61. The van der Waals surface area contributed by atoms with Crippen LogP contribution in [-0.2, 0) is 0 Å². The molecule has 0 atom stereocenters. The molecule has 2 aromatic carbocycles. The topological polar surface area (TPSA) is 9.23 Å². The van der Waals surface area contributed by atoms with Gasteiger partial charge in [-0.15, -0.1) is 0 Å². The number of unbranched alkanes of at least 4 members (excludes halogenated alkanes) is 1. The molecule has 15 heavy (non-hydrogen) atoms.